The van der Waals surface area contributed by atoms with E-state index in [1.807, 2.05) is 24.3 Å². The van der Waals surface area contributed by atoms with E-state index in [0.29, 0.717) is 11.6 Å². The van der Waals surface area contributed by atoms with Crippen LogP contribution in [0, 0.1) is 5.41 Å². The fourth-order valence-electron chi connectivity index (χ4n) is 1.65. The van der Waals surface area contributed by atoms with Crippen LogP contribution in [0.25, 0.3) is 0 Å². The summed E-state index contributed by atoms with van der Waals surface area (Å²) in [6, 6.07) is 7.65. The van der Waals surface area contributed by atoms with Crippen molar-refractivity contribution in [2.75, 3.05) is 6.61 Å². The number of rotatable bonds is 1. The van der Waals surface area contributed by atoms with E-state index in [9.17, 15) is 0 Å². The summed E-state index contributed by atoms with van der Waals surface area (Å²) >= 11 is 6.12. The van der Waals surface area contributed by atoms with Gasteiger partial charge in [-0.25, -0.2) is 0 Å². The van der Waals surface area contributed by atoms with Gasteiger partial charge >= 0.3 is 0 Å². The Morgan fingerprint density at radius 3 is 2.62 bits per heavy atom. The molecular weight excluding hydrogens is 224 g/mol. The molecule has 1 aromatic rings. The van der Waals surface area contributed by atoms with Crippen molar-refractivity contribution in [1.29, 1.82) is 0 Å². The number of ether oxygens (including phenoxy) is 2. The Labute approximate surface area is 102 Å². The quantitative estimate of drug-likeness (QED) is 0.743. The van der Waals surface area contributed by atoms with Crippen LogP contribution in [0.5, 0.6) is 0 Å². The van der Waals surface area contributed by atoms with Crippen molar-refractivity contribution in [3.05, 3.63) is 34.9 Å². The van der Waals surface area contributed by atoms with E-state index in [1.54, 1.807) is 0 Å². The minimum absolute atomic E-state index is 0.0533. The fraction of sp³-hybridized carbons (Fsp3) is 0.538. The average molecular weight is 241 g/mol. The maximum Gasteiger partial charge on any atom is 0.185 e. The Balaban J connectivity index is 2.17. The molecule has 1 aromatic carbocycles. The lowest BCUT2D eigenvalue weighted by Gasteiger charge is -2.40. The number of hydrogen-bond donors (Lipinski definition) is 0. The molecular formula is C13H17ClO2. The summed E-state index contributed by atoms with van der Waals surface area (Å²) < 4.78 is 11.6. The minimum Gasteiger partial charge on any atom is -0.348 e. The lowest BCUT2D eigenvalue weighted by molar-refractivity contribution is -0.259. The second kappa shape index (κ2) is 4.36. The smallest absolute Gasteiger partial charge is 0.185 e. The summed E-state index contributed by atoms with van der Waals surface area (Å²) in [5, 5.41) is 0.694. The van der Waals surface area contributed by atoms with Crippen molar-refractivity contribution in [2.24, 2.45) is 5.41 Å². The molecule has 0 radical (unpaired) electrons. The zero-order chi connectivity index (χ0) is 11.8. The van der Waals surface area contributed by atoms with Gasteiger partial charge in [0.25, 0.3) is 0 Å². The van der Waals surface area contributed by atoms with Crippen molar-refractivity contribution in [1.82, 2.24) is 0 Å². The molecule has 0 spiro atoms. The van der Waals surface area contributed by atoms with Gasteiger partial charge in [-0.1, -0.05) is 43.6 Å². The lowest BCUT2D eigenvalue weighted by atomic mass is 9.87. The summed E-state index contributed by atoms with van der Waals surface area (Å²) in [6.45, 7) is 7.04. The molecule has 1 aliphatic rings. The highest BCUT2D eigenvalue weighted by molar-refractivity contribution is 6.31. The third-order valence-electron chi connectivity index (χ3n) is 3.19. The summed E-state index contributed by atoms with van der Waals surface area (Å²) in [5.74, 6) is 0. The Bertz CT molecular complexity index is 376. The van der Waals surface area contributed by atoms with Crippen LogP contribution >= 0.6 is 11.6 Å². The highest BCUT2D eigenvalue weighted by atomic mass is 35.5. The molecule has 88 valence electrons. The standard InChI is InChI=1S/C13H17ClO2/c1-9-13(2,3)8-15-12(16-9)10-6-4-5-7-11(10)14/h4-7,9,12H,8H2,1-3H3/t9-,12-/m0/s1. The third-order valence-corrected chi connectivity index (χ3v) is 3.54. The predicted octanol–water partition coefficient (Wildman–Crippen LogP) is 3.80. The number of benzene rings is 1. The normalized spacial score (nSPS) is 29.0. The van der Waals surface area contributed by atoms with Crippen LogP contribution < -0.4 is 0 Å². The van der Waals surface area contributed by atoms with E-state index in [-0.39, 0.29) is 17.8 Å². The van der Waals surface area contributed by atoms with E-state index in [2.05, 4.69) is 20.8 Å². The molecule has 0 aromatic heterocycles. The molecule has 16 heavy (non-hydrogen) atoms. The molecule has 0 saturated carbocycles. The average Bonchev–Trinajstić information content (AvgIpc) is 2.23. The monoisotopic (exact) mass is 240 g/mol. The Morgan fingerprint density at radius 2 is 2.00 bits per heavy atom. The SMILES string of the molecule is C[C@@H]1O[C@@H](c2ccccc2Cl)OCC1(C)C. The van der Waals surface area contributed by atoms with E-state index in [1.165, 1.54) is 0 Å². The van der Waals surface area contributed by atoms with Gasteiger partial charge < -0.3 is 9.47 Å². The van der Waals surface area contributed by atoms with Gasteiger partial charge in [-0.2, -0.15) is 0 Å². The summed E-state index contributed by atoms with van der Waals surface area (Å²) in [6.07, 6.45) is -0.181. The number of hydrogen-bond acceptors (Lipinski definition) is 2. The van der Waals surface area contributed by atoms with Crippen LogP contribution in [-0.2, 0) is 9.47 Å². The van der Waals surface area contributed by atoms with E-state index in [4.69, 9.17) is 21.1 Å². The molecule has 2 atom stereocenters. The van der Waals surface area contributed by atoms with Crippen LogP contribution in [0.15, 0.2) is 24.3 Å². The van der Waals surface area contributed by atoms with Gasteiger partial charge in [0.15, 0.2) is 6.29 Å². The van der Waals surface area contributed by atoms with Crippen LogP contribution in [0.2, 0.25) is 5.02 Å². The predicted molar refractivity (Wildman–Crippen MR) is 64.5 cm³/mol. The molecule has 0 bridgehead atoms. The molecule has 1 aliphatic heterocycles. The highest BCUT2D eigenvalue weighted by Crippen LogP contribution is 2.37. The third kappa shape index (κ3) is 2.24. The molecule has 0 aliphatic carbocycles. The van der Waals surface area contributed by atoms with E-state index in [0.717, 1.165) is 5.56 Å². The Morgan fingerprint density at radius 1 is 1.31 bits per heavy atom. The van der Waals surface area contributed by atoms with Crippen molar-refractivity contribution >= 4 is 11.6 Å². The van der Waals surface area contributed by atoms with Gasteiger partial charge in [0.1, 0.15) is 0 Å². The molecule has 2 rings (SSSR count). The fourth-order valence-corrected chi connectivity index (χ4v) is 1.87. The number of halogens is 1. The zero-order valence-corrected chi connectivity index (χ0v) is 10.6. The molecule has 0 N–H and O–H groups in total. The van der Waals surface area contributed by atoms with Gasteiger partial charge in [-0.05, 0) is 13.0 Å². The molecule has 2 nitrogen and oxygen atoms in total. The largest absolute Gasteiger partial charge is 0.348 e. The second-order valence-electron chi connectivity index (χ2n) is 4.93. The van der Waals surface area contributed by atoms with Gasteiger partial charge in [0, 0.05) is 16.0 Å². The summed E-state index contributed by atoms with van der Waals surface area (Å²) in [4.78, 5) is 0. The molecule has 0 amide bonds. The molecule has 1 fully saturated rings. The molecule has 0 unspecified atom stereocenters. The van der Waals surface area contributed by atoms with Gasteiger partial charge in [0.2, 0.25) is 0 Å². The molecule has 1 saturated heterocycles. The van der Waals surface area contributed by atoms with Crippen molar-refractivity contribution in [2.45, 2.75) is 33.2 Å². The van der Waals surface area contributed by atoms with E-state index < -0.39 is 0 Å². The summed E-state index contributed by atoms with van der Waals surface area (Å²) in [5.41, 5.74) is 0.962. The van der Waals surface area contributed by atoms with Crippen molar-refractivity contribution in [3.8, 4) is 0 Å². The maximum absolute atomic E-state index is 6.12. The first-order valence-electron chi connectivity index (χ1n) is 5.52. The zero-order valence-electron chi connectivity index (χ0n) is 9.87. The first-order chi connectivity index (χ1) is 7.50. The second-order valence-corrected chi connectivity index (χ2v) is 5.34. The topological polar surface area (TPSA) is 18.5 Å². The van der Waals surface area contributed by atoms with Crippen LogP contribution in [0.3, 0.4) is 0 Å². The van der Waals surface area contributed by atoms with Gasteiger partial charge in [-0.15, -0.1) is 0 Å². The summed E-state index contributed by atoms with van der Waals surface area (Å²) in [7, 11) is 0. The Hall–Kier alpha value is -0.570. The van der Waals surface area contributed by atoms with Crippen LogP contribution in [0.4, 0.5) is 0 Å². The lowest BCUT2D eigenvalue weighted by Crippen LogP contribution is -2.40. The highest BCUT2D eigenvalue weighted by Gasteiger charge is 2.36. The van der Waals surface area contributed by atoms with Crippen LogP contribution in [-0.4, -0.2) is 12.7 Å². The van der Waals surface area contributed by atoms with Crippen molar-refractivity contribution in [3.63, 3.8) is 0 Å². The van der Waals surface area contributed by atoms with Crippen LogP contribution in [0.1, 0.15) is 32.6 Å². The minimum atomic E-state index is -0.336. The van der Waals surface area contributed by atoms with E-state index >= 15 is 0 Å². The molecule has 3 heteroatoms. The Kier molecular flexibility index (Phi) is 3.24. The first kappa shape index (κ1) is 11.9. The molecule has 1 heterocycles. The van der Waals surface area contributed by atoms with Gasteiger partial charge in [0.05, 0.1) is 12.7 Å². The first-order valence-corrected chi connectivity index (χ1v) is 5.90. The maximum atomic E-state index is 6.12. The van der Waals surface area contributed by atoms with Crippen molar-refractivity contribution < 1.29 is 9.47 Å². The van der Waals surface area contributed by atoms with Gasteiger partial charge in [-0.3, -0.25) is 0 Å².